The van der Waals surface area contributed by atoms with Crippen LogP contribution in [0, 0.1) is 5.82 Å². The minimum absolute atomic E-state index is 0.0853. The highest BCUT2D eigenvalue weighted by Crippen LogP contribution is 2.33. The van der Waals surface area contributed by atoms with Gasteiger partial charge < -0.3 is 20.0 Å². The molecule has 2 aliphatic rings. The third-order valence-electron chi connectivity index (χ3n) is 7.49. The predicted molar refractivity (Wildman–Crippen MR) is 154 cm³/mol. The Morgan fingerprint density at radius 1 is 1.00 bits per heavy atom. The Morgan fingerprint density at radius 3 is 2.53 bits per heavy atom. The molecule has 2 fully saturated rings. The number of rotatable bonds is 7. The number of hydrogen-bond donors (Lipinski definition) is 1. The molecule has 0 bridgehead atoms. The number of benzene rings is 1. The van der Waals surface area contributed by atoms with Crippen LogP contribution in [-0.2, 0) is 6.42 Å². The zero-order valence-corrected chi connectivity index (χ0v) is 23.6. The van der Waals surface area contributed by atoms with Crippen molar-refractivity contribution in [2.24, 2.45) is 0 Å². The number of piperazine rings is 1. The van der Waals surface area contributed by atoms with Crippen LogP contribution in [0.3, 0.4) is 0 Å². The Bertz CT molecular complexity index is 1290. The highest BCUT2D eigenvalue weighted by atomic mass is 35.5. The number of hydrogen-bond acceptors (Lipinski definition) is 7. The fourth-order valence-corrected chi connectivity index (χ4v) is 5.82. The number of halogens is 3. The minimum Gasteiger partial charge on any atom is -0.352 e. The van der Waals surface area contributed by atoms with Gasteiger partial charge in [-0.2, -0.15) is 4.98 Å². The first kappa shape index (κ1) is 26.9. The zero-order valence-electron chi connectivity index (χ0n) is 22.1. The van der Waals surface area contributed by atoms with Crippen LogP contribution in [0.4, 0.5) is 22.0 Å². The van der Waals surface area contributed by atoms with E-state index >= 15 is 0 Å². The molecule has 1 N–H and O–H groups in total. The molecule has 1 aromatic carbocycles. The van der Waals surface area contributed by atoms with Crippen molar-refractivity contribution < 1.29 is 4.39 Å². The van der Waals surface area contributed by atoms with E-state index in [9.17, 15) is 4.39 Å². The molecule has 3 aromatic rings. The maximum Gasteiger partial charge on any atom is 0.228 e. The molecule has 2 aliphatic heterocycles. The van der Waals surface area contributed by atoms with E-state index in [1.54, 1.807) is 12.1 Å². The quantitative estimate of drug-likeness (QED) is 0.414. The Balaban J connectivity index is 1.42. The van der Waals surface area contributed by atoms with Crippen LogP contribution in [0.5, 0.6) is 0 Å². The molecule has 5 rings (SSSR count). The third-order valence-corrected chi connectivity index (χ3v) is 8.06. The fraction of sp³-hybridized carbons (Fsp3) is 0.464. The van der Waals surface area contributed by atoms with Crippen molar-refractivity contribution in [3.63, 3.8) is 0 Å². The highest BCUT2D eigenvalue weighted by Gasteiger charge is 2.29. The molecule has 0 radical (unpaired) electrons. The van der Waals surface area contributed by atoms with E-state index in [1.807, 2.05) is 25.4 Å². The minimum atomic E-state index is -0.440. The van der Waals surface area contributed by atoms with Crippen molar-refractivity contribution in [3.05, 3.63) is 58.0 Å². The van der Waals surface area contributed by atoms with Crippen molar-refractivity contribution in [1.82, 2.24) is 20.3 Å². The first-order valence-electron chi connectivity index (χ1n) is 13.3. The fourth-order valence-electron chi connectivity index (χ4n) is 5.33. The summed E-state index contributed by atoms with van der Waals surface area (Å²) in [7, 11) is 1.94. The number of pyridine rings is 1. The van der Waals surface area contributed by atoms with Crippen molar-refractivity contribution in [2.75, 3.05) is 54.5 Å². The molecular weight excluding hydrogens is 524 g/mol. The molecule has 0 aliphatic carbocycles. The van der Waals surface area contributed by atoms with Crippen LogP contribution in [0.15, 0.2) is 36.5 Å². The van der Waals surface area contributed by atoms with Crippen LogP contribution in [-0.4, -0.2) is 66.8 Å². The average molecular weight is 559 g/mol. The van der Waals surface area contributed by atoms with Crippen molar-refractivity contribution in [2.45, 2.75) is 45.2 Å². The van der Waals surface area contributed by atoms with Gasteiger partial charge in [-0.05, 0) is 76.5 Å². The van der Waals surface area contributed by atoms with E-state index in [4.69, 9.17) is 38.2 Å². The second kappa shape index (κ2) is 11.6. The summed E-state index contributed by atoms with van der Waals surface area (Å²) in [6.07, 6.45) is 5.04. The summed E-state index contributed by atoms with van der Waals surface area (Å²) >= 11 is 12.8. The zero-order chi connectivity index (χ0) is 26.8. The standard InChI is InChI=1S/C28H34Cl2FN7/c1-18-5-4-10-38(18)28-34-25(21-6-7-24(31)22(29)14-21)15-26(35-28)37-12-11-36(17-19(37)2)27-23(30)13-20(16-33-27)8-9-32-3/h6-7,13-16,18-19,32H,4-5,8-12,17H2,1-3H3. The van der Waals surface area contributed by atoms with Gasteiger partial charge in [0, 0.05) is 56.1 Å². The van der Waals surface area contributed by atoms with Crippen molar-refractivity contribution in [3.8, 4) is 11.3 Å². The first-order chi connectivity index (χ1) is 18.3. The Hall–Kier alpha value is -2.68. The molecule has 2 saturated heterocycles. The molecule has 2 atom stereocenters. The van der Waals surface area contributed by atoms with Crippen LogP contribution in [0.1, 0.15) is 32.3 Å². The number of nitrogens with zero attached hydrogens (tertiary/aromatic N) is 6. The smallest absolute Gasteiger partial charge is 0.228 e. The number of anilines is 3. The van der Waals surface area contributed by atoms with Gasteiger partial charge in [0.2, 0.25) is 5.95 Å². The predicted octanol–water partition coefficient (Wildman–Crippen LogP) is 5.45. The van der Waals surface area contributed by atoms with Gasteiger partial charge in [-0.15, -0.1) is 0 Å². The number of aromatic nitrogens is 3. The molecule has 0 saturated carbocycles. The second-order valence-corrected chi connectivity index (χ2v) is 11.0. The normalized spacial score (nSPS) is 19.9. The molecule has 7 nitrogen and oxygen atoms in total. The summed E-state index contributed by atoms with van der Waals surface area (Å²) in [5.74, 6) is 1.95. The summed E-state index contributed by atoms with van der Waals surface area (Å²) in [5.41, 5.74) is 2.63. The highest BCUT2D eigenvalue weighted by molar-refractivity contribution is 6.33. The van der Waals surface area contributed by atoms with Gasteiger partial charge in [0.25, 0.3) is 0 Å². The molecule has 4 heterocycles. The molecule has 2 unspecified atom stereocenters. The maximum absolute atomic E-state index is 13.9. The summed E-state index contributed by atoms with van der Waals surface area (Å²) in [6, 6.07) is 9.28. The van der Waals surface area contributed by atoms with Gasteiger partial charge in [0.1, 0.15) is 17.5 Å². The lowest BCUT2D eigenvalue weighted by atomic mass is 10.1. The second-order valence-electron chi connectivity index (χ2n) is 10.2. The lowest BCUT2D eigenvalue weighted by molar-refractivity contribution is 0.542. The summed E-state index contributed by atoms with van der Waals surface area (Å²) in [6.45, 7) is 8.50. The van der Waals surface area contributed by atoms with Crippen molar-refractivity contribution in [1.29, 1.82) is 0 Å². The van der Waals surface area contributed by atoms with Gasteiger partial charge in [-0.3, -0.25) is 0 Å². The SMILES string of the molecule is CNCCc1cnc(N2CCN(c3cc(-c4ccc(F)c(Cl)c4)nc(N4CCCC4C)n3)C(C)C2)c(Cl)c1. The van der Waals surface area contributed by atoms with Gasteiger partial charge in [-0.25, -0.2) is 14.4 Å². The van der Waals surface area contributed by atoms with Gasteiger partial charge in [0.05, 0.1) is 15.7 Å². The van der Waals surface area contributed by atoms with Gasteiger partial charge in [0.15, 0.2) is 0 Å². The lowest BCUT2D eigenvalue weighted by Gasteiger charge is -2.41. The topological polar surface area (TPSA) is 60.4 Å². The third kappa shape index (κ3) is 5.67. The van der Waals surface area contributed by atoms with E-state index in [-0.39, 0.29) is 11.1 Å². The maximum atomic E-state index is 13.9. The largest absolute Gasteiger partial charge is 0.352 e. The monoisotopic (exact) mass is 557 g/mol. The van der Waals surface area contributed by atoms with Crippen LogP contribution in [0.25, 0.3) is 11.3 Å². The lowest BCUT2D eigenvalue weighted by Crippen LogP contribution is -2.52. The molecule has 10 heteroatoms. The molecule has 0 amide bonds. The molecule has 202 valence electrons. The summed E-state index contributed by atoms with van der Waals surface area (Å²) in [5, 5.41) is 3.93. The Labute approximate surface area is 234 Å². The van der Waals surface area contributed by atoms with Gasteiger partial charge in [-0.1, -0.05) is 23.2 Å². The average Bonchev–Trinajstić information content (AvgIpc) is 3.34. The molecule has 38 heavy (non-hydrogen) atoms. The molecular formula is C28H34Cl2FN7. The number of likely N-dealkylation sites (N-methyl/N-ethyl adjacent to an activating group) is 1. The van der Waals surface area contributed by atoms with Crippen LogP contribution in [0.2, 0.25) is 10.0 Å². The van der Waals surface area contributed by atoms with E-state index in [1.165, 1.54) is 6.07 Å². The molecule has 0 spiro atoms. The summed E-state index contributed by atoms with van der Waals surface area (Å²) < 4.78 is 13.9. The van der Waals surface area contributed by atoms with E-state index in [0.29, 0.717) is 17.0 Å². The van der Waals surface area contributed by atoms with E-state index < -0.39 is 5.82 Å². The van der Waals surface area contributed by atoms with Crippen LogP contribution < -0.4 is 20.0 Å². The van der Waals surface area contributed by atoms with E-state index in [2.05, 4.69) is 33.9 Å². The van der Waals surface area contributed by atoms with Gasteiger partial charge >= 0.3 is 0 Å². The van der Waals surface area contributed by atoms with E-state index in [0.717, 1.165) is 80.4 Å². The van der Waals surface area contributed by atoms with Crippen molar-refractivity contribution >= 4 is 40.8 Å². The summed E-state index contributed by atoms with van der Waals surface area (Å²) in [4.78, 5) is 21.4. The Morgan fingerprint density at radius 2 is 1.84 bits per heavy atom. The van der Waals surface area contributed by atoms with Crippen LogP contribution >= 0.6 is 23.2 Å². The first-order valence-corrected chi connectivity index (χ1v) is 14.0. The molecule has 2 aromatic heterocycles. The Kier molecular flexibility index (Phi) is 8.21. The number of nitrogens with one attached hydrogen (secondary N) is 1.